The topological polar surface area (TPSA) is 64.3 Å². The van der Waals surface area contributed by atoms with Crippen molar-refractivity contribution >= 4 is 17.0 Å². The van der Waals surface area contributed by atoms with Gasteiger partial charge in [0.2, 0.25) is 0 Å². The lowest BCUT2D eigenvalue weighted by atomic mass is 10.2. The predicted molar refractivity (Wildman–Crippen MR) is 72.6 cm³/mol. The van der Waals surface area contributed by atoms with Crippen molar-refractivity contribution in [1.29, 1.82) is 0 Å². The zero-order valence-corrected chi connectivity index (χ0v) is 11.2. The summed E-state index contributed by atoms with van der Waals surface area (Å²) in [6, 6.07) is 5.25. The van der Waals surface area contributed by atoms with E-state index < -0.39 is 5.97 Å². The molecule has 102 valence electrons. The molecule has 0 saturated heterocycles. The molecular formula is C14H18N2O3. The van der Waals surface area contributed by atoms with Gasteiger partial charge in [-0.25, -0.2) is 9.78 Å². The number of carboxylic acid groups (broad SMARTS) is 1. The summed E-state index contributed by atoms with van der Waals surface area (Å²) in [5.41, 5.74) is 1.68. The highest BCUT2D eigenvalue weighted by Crippen LogP contribution is 2.21. The van der Waals surface area contributed by atoms with Crippen molar-refractivity contribution in [2.24, 2.45) is 0 Å². The fraction of sp³-hybridized carbons (Fsp3) is 0.429. The Hall–Kier alpha value is -1.88. The number of imidazole rings is 1. The van der Waals surface area contributed by atoms with Gasteiger partial charge in [-0.3, -0.25) is 0 Å². The molecule has 0 aliphatic heterocycles. The number of benzene rings is 1. The highest BCUT2D eigenvalue weighted by Gasteiger charge is 2.16. The molecule has 1 heterocycles. The standard InChI is InChI=1S/C14H18N2O3/c1-3-5-12-15-13-10(14(17)18)6-4-7-11(13)16(12)8-9-19-2/h4,6-7H,3,5,8-9H2,1-2H3,(H,17,18). The molecule has 0 spiro atoms. The van der Waals surface area contributed by atoms with Crippen LogP contribution in [0.2, 0.25) is 0 Å². The first kappa shape index (κ1) is 13.5. The fourth-order valence-corrected chi connectivity index (χ4v) is 2.21. The maximum absolute atomic E-state index is 11.2. The van der Waals surface area contributed by atoms with Gasteiger partial charge in [0.1, 0.15) is 11.3 Å². The molecule has 0 bridgehead atoms. The van der Waals surface area contributed by atoms with Gasteiger partial charge in [-0.15, -0.1) is 0 Å². The Morgan fingerprint density at radius 2 is 2.26 bits per heavy atom. The van der Waals surface area contributed by atoms with Crippen molar-refractivity contribution in [3.8, 4) is 0 Å². The zero-order chi connectivity index (χ0) is 13.8. The largest absolute Gasteiger partial charge is 0.478 e. The Balaban J connectivity index is 2.58. The third-order valence-corrected chi connectivity index (χ3v) is 3.08. The summed E-state index contributed by atoms with van der Waals surface area (Å²) >= 11 is 0. The van der Waals surface area contributed by atoms with Crippen molar-refractivity contribution in [2.75, 3.05) is 13.7 Å². The van der Waals surface area contributed by atoms with E-state index >= 15 is 0 Å². The summed E-state index contributed by atoms with van der Waals surface area (Å²) in [5, 5.41) is 9.22. The minimum Gasteiger partial charge on any atom is -0.478 e. The van der Waals surface area contributed by atoms with Crippen molar-refractivity contribution < 1.29 is 14.6 Å². The molecule has 2 aromatic rings. The average Bonchev–Trinajstić information content (AvgIpc) is 2.74. The number of carboxylic acids is 1. The quantitative estimate of drug-likeness (QED) is 0.867. The van der Waals surface area contributed by atoms with E-state index in [9.17, 15) is 9.90 Å². The van der Waals surface area contributed by atoms with Crippen LogP contribution in [0.1, 0.15) is 29.5 Å². The molecule has 0 amide bonds. The molecule has 0 fully saturated rings. The minimum atomic E-state index is -0.940. The molecule has 0 radical (unpaired) electrons. The number of nitrogens with zero attached hydrogens (tertiary/aromatic N) is 2. The summed E-state index contributed by atoms with van der Waals surface area (Å²) in [5.74, 6) is -0.0201. The second-order valence-electron chi connectivity index (χ2n) is 4.40. The number of methoxy groups -OCH3 is 1. The second-order valence-corrected chi connectivity index (χ2v) is 4.40. The van der Waals surface area contributed by atoms with Crippen LogP contribution in [-0.4, -0.2) is 34.3 Å². The van der Waals surface area contributed by atoms with Gasteiger partial charge in [0, 0.05) is 20.1 Å². The van der Waals surface area contributed by atoms with Gasteiger partial charge in [0.15, 0.2) is 0 Å². The molecule has 5 nitrogen and oxygen atoms in total. The van der Waals surface area contributed by atoms with Gasteiger partial charge in [0.25, 0.3) is 0 Å². The number of hydrogen-bond donors (Lipinski definition) is 1. The molecule has 0 aliphatic carbocycles. The molecule has 2 rings (SSSR count). The van der Waals surface area contributed by atoms with Crippen LogP contribution >= 0.6 is 0 Å². The van der Waals surface area contributed by atoms with E-state index in [-0.39, 0.29) is 5.56 Å². The Morgan fingerprint density at radius 1 is 1.47 bits per heavy atom. The number of aromatic carboxylic acids is 1. The summed E-state index contributed by atoms with van der Waals surface area (Å²) < 4.78 is 7.16. The van der Waals surface area contributed by atoms with E-state index in [1.807, 2.05) is 6.07 Å². The van der Waals surface area contributed by atoms with Crippen LogP contribution in [0, 0.1) is 0 Å². The number of hydrogen-bond acceptors (Lipinski definition) is 3. The molecule has 0 aliphatic rings. The van der Waals surface area contributed by atoms with Crippen LogP contribution in [0.5, 0.6) is 0 Å². The Labute approximate surface area is 111 Å². The first-order valence-corrected chi connectivity index (χ1v) is 6.39. The maximum atomic E-state index is 11.2. The Bertz CT molecular complexity index is 590. The molecule has 1 aromatic carbocycles. The van der Waals surface area contributed by atoms with Crippen LogP contribution in [0.4, 0.5) is 0 Å². The van der Waals surface area contributed by atoms with Gasteiger partial charge in [-0.05, 0) is 18.6 Å². The lowest BCUT2D eigenvalue weighted by molar-refractivity contribution is 0.0699. The maximum Gasteiger partial charge on any atom is 0.337 e. The normalized spacial score (nSPS) is 11.1. The van der Waals surface area contributed by atoms with Crippen molar-refractivity contribution in [1.82, 2.24) is 9.55 Å². The first-order valence-electron chi connectivity index (χ1n) is 6.39. The lowest BCUT2D eigenvalue weighted by Crippen LogP contribution is -2.08. The zero-order valence-electron chi connectivity index (χ0n) is 11.2. The summed E-state index contributed by atoms with van der Waals surface area (Å²) in [4.78, 5) is 15.7. The lowest BCUT2D eigenvalue weighted by Gasteiger charge is -2.07. The first-order chi connectivity index (χ1) is 9.19. The molecule has 19 heavy (non-hydrogen) atoms. The molecule has 5 heteroatoms. The van der Waals surface area contributed by atoms with Crippen molar-refractivity contribution in [3.05, 3.63) is 29.6 Å². The number of para-hydroxylation sites is 1. The van der Waals surface area contributed by atoms with E-state index in [1.54, 1.807) is 19.2 Å². The fourth-order valence-electron chi connectivity index (χ4n) is 2.21. The van der Waals surface area contributed by atoms with Gasteiger partial charge in [-0.1, -0.05) is 13.0 Å². The third-order valence-electron chi connectivity index (χ3n) is 3.08. The van der Waals surface area contributed by atoms with E-state index in [2.05, 4.69) is 16.5 Å². The van der Waals surface area contributed by atoms with Gasteiger partial charge >= 0.3 is 5.97 Å². The number of aromatic nitrogens is 2. The SMILES string of the molecule is CCCc1nc2c(C(=O)O)cccc2n1CCOC. The minimum absolute atomic E-state index is 0.256. The van der Waals surface area contributed by atoms with Crippen LogP contribution in [-0.2, 0) is 17.7 Å². The van der Waals surface area contributed by atoms with Gasteiger partial charge in [0.05, 0.1) is 17.7 Å². The highest BCUT2D eigenvalue weighted by molar-refractivity contribution is 6.01. The monoisotopic (exact) mass is 262 g/mol. The van der Waals surface area contributed by atoms with E-state index in [4.69, 9.17) is 4.74 Å². The number of ether oxygens (including phenoxy) is 1. The third kappa shape index (κ3) is 2.61. The highest BCUT2D eigenvalue weighted by atomic mass is 16.5. The van der Waals surface area contributed by atoms with E-state index in [1.165, 1.54) is 0 Å². The summed E-state index contributed by atoms with van der Waals surface area (Å²) in [7, 11) is 1.65. The van der Waals surface area contributed by atoms with Crippen molar-refractivity contribution in [2.45, 2.75) is 26.3 Å². The number of aryl methyl sites for hydroxylation is 1. The van der Waals surface area contributed by atoms with Gasteiger partial charge in [-0.2, -0.15) is 0 Å². The molecule has 1 aromatic heterocycles. The van der Waals surface area contributed by atoms with Crippen LogP contribution in [0.25, 0.3) is 11.0 Å². The molecule has 0 atom stereocenters. The number of rotatable bonds is 6. The molecule has 1 N–H and O–H groups in total. The summed E-state index contributed by atoms with van der Waals surface area (Å²) in [6.07, 6.45) is 1.80. The van der Waals surface area contributed by atoms with E-state index in [0.717, 1.165) is 24.2 Å². The van der Waals surface area contributed by atoms with Gasteiger partial charge < -0.3 is 14.4 Å². The number of carbonyl (C=O) groups is 1. The van der Waals surface area contributed by atoms with Crippen LogP contribution in [0.3, 0.4) is 0 Å². The molecular weight excluding hydrogens is 244 g/mol. The smallest absolute Gasteiger partial charge is 0.337 e. The Morgan fingerprint density at radius 3 is 2.89 bits per heavy atom. The number of fused-ring (bicyclic) bond motifs is 1. The Kier molecular flexibility index (Phi) is 4.16. The molecule has 0 unspecified atom stereocenters. The second kappa shape index (κ2) is 5.84. The average molecular weight is 262 g/mol. The van der Waals surface area contributed by atoms with Crippen LogP contribution in [0.15, 0.2) is 18.2 Å². The van der Waals surface area contributed by atoms with E-state index in [0.29, 0.717) is 18.7 Å². The van der Waals surface area contributed by atoms with Crippen LogP contribution < -0.4 is 0 Å². The predicted octanol–water partition coefficient (Wildman–Crippen LogP) is 2.33. The van der Waals surface area contributed by atoms with Crippen molar-refractivity contribution in [3.63, 3.8) is 0 Å². The molecule has 0 saturated carbocycles. The summed E-state index contributed by atoms with van der Waals surface area (Å²) in [6.45, 7) is 3.35.